The average Bonchev–Trinajstić information content (AvgIpc) is 2.18. The van der Waals surface area contributed by atoms with Crippen molar-refractivity contribution in [3.8, 4) is 6.07 Å². The minimum Gasteiger partial charge on any atom is -0.392 e. The van der Waals surface area contributed by atoms with Crippen molar-refractivity contribution in [3.63, 3.8) is 0 Å². The first kappa shape index (κ1) is 11.7. The van der Waals surface area contributed by atoms with Crippen LogP contribution < -0.4 is 0 Å². The summed E-state index contributed by atoms with van der Waals surface area (Å²) in [6, 6.07) is 10.2. The second-order valence-corrected chi connectivity index (χ2v) is 4.12. The summed E-state index contributed by atoms with van der Waals surface area (Å²) < 4.78 is 0. The largest absolute Gasteiger partial charge is 0.392 e. The zero-order chi connectivity index (χ0) is 11.3. The minimum absolute atomic E-state index is 0.200. The predicted octanol–water partition coefficient (Wildman–Crippen LogP) is 2.63. The lowest BCUT2D eigenvalue weighted by Gasteiger charge is -2.09. The van der Waals surface area contributed by atoms with Crippen molar-refractivity contribution in [1.82, 2.24) is 0 Å². The fourth-order valence-electron chi connectivity index (χ4n) is 1.49. The molecule has 0 heterocycles. The monoisotopic (exact) mass is 203 g/mol. The van der Waals surface area contributed by atoms with E-state index in [9.17, 15) is 5.11 Å². The number of aliphatic hydroxyl groups is 1. The number of aliphatic hydroxyl groups excluding tert-OH is 1. The molecule has 15 heavy (non-hydrogen) atoms. The average molecular weight is 203 g/mol. The van der Waals surface area contributed by atoms with Crippen molar-refractivity contribution in [2.45, 2.75) is 38.7 Å². The summed E-state index contributed by atoms with van der Waals surface area (Å²) in [7, 11) is 0. The van der Waals surface area contributed by atoms with E-state index >= 15 is 0 Å². The fourth-order valence-corrected chi connectivity index (χ4v) is 1.49. The van der Waals surface area contributed by atoms with Gasteiger partial charge in [0.2, 0.25) is 0 Å². The van der Waals surface area contributed by atoms with E-state index in [-0.39, 0.29) is 6.42 Å². The SMILES string of the molecule is CC(C)c1ccc(CC(O)CC#N)cc1. The molecule has 0 fully saturated rings. The van der Waals surface area contributed by atoms with Crippen LogP contribution in [0.4, 0.5) is 0 Å². The molecule has 0 aliphatic carbocycles. The van der Waals surface area contributed by atoms with Gasteiger partial charge in [-0.15, -0.1) is 0 Å². The Kier molecular flexibility index (Phi) is 4.33. The lowest BCUT2D eigenvalue weighted by Crippen LogP contribution is -2.09. The number of nitriles is 1. The number of benzene rings is 1. The van der Waals surface area contributed by atoms with Crippen molar-refractivity contribution < 1.29 is 5.11 Å². The second-order valence-electron chi connectivity index (χ2n) is 4.12. The van der Waals surface area contributed by atoms with E-state index in [0.717, 1.165) is 5.56 Å². The highest BCUT2D eigenvalue weighted by molar-refractivity contribution is 5.25. The molecule has 2 heteroatoms. The number of hydrogen-bond acceptors (Lipinski definition) is 2. The van der Waals surface area contributed by atoms with E-state index in [0.29, 0.717) is 12.3 Å². The third-order valence-corrected chi connectivity index (χ3v) is 2.44. The van der Waals surface area contributed by atoms with E-state index < -0.39 is 6.10 Å². The van der Waals surface area contributed by atoms with Crippen LogP contribution in [-0.4, -0.2) is 11.2 Å². The summed E-state index contributed by atoms with van der Waals surface area (Å²) in [4.78, 5) is 0. The molecule has 0 radical (unpaired) electrons. The Morgan fingerprint density at radius 1 is 1.27 bits per heavy atom. The molecule has 1 rings (SSSR count). The van der Waals surface area contributed by atoms with Gasteiger partial charge in [0.25, 0.3) is 0 Å². The topological polar surface area (TPSA) is 44.0 Å². The Morgan fingerprint density at radius 3 is 2.33 bits per heavy atom. The molecule has 0 amide bonds. The first-order valence-electron chi connectivity index (χ1n) is 5.27. The van der Waals surface area contributed by atoms with Crippen molar-refractivity contribution in [3.05, 3.63) is 35.4 Å². The molecule has 0 aliphatic heterocycles. The van der Waals surface area contributed by atoms with Crippen LogP contribution >= 0.6 is 0 Å². The molecular formula is C13H17NO. The summed E-state index contributed by atoms with van der Waals surface area (Å²) in [6.07, 6.45) is 0.220. The highest BCUT2D eigenvalue weighted by atomic mass is 16.3. The van der Waals surface area contributed by atoms with Gasteiger partial charge in [0.1, 0.15) is 0 Å². The van der Waals surface area contributed by atoms with Gasteiger partial charge in [0, 0.05) is 0 Å². The molecule has 1 aromatic carbocycles. The molecule has 1 atom stereocenters. The molecule has 0 bridgehead atoms. The van der Waals surface area contributed by atoms with E-state index in [1.54, 1.807) is 0 Å². The molecule has 0 saturated heterocycles. The Balaban J connectivity index is 2.61. The van der Waals surface area contributed by atoms with Gasteiger partial charge >= 0.3 is 0 Å². The van der Waals surface area contributed by atoms with Gasteiger partial charge in [-0.05, 0) is 23.5 Å². The zero-order valence-corrected chi connectivity index (χ0v) is 9.27. The van der Waals surface area contributed by atoms with Crippen LogP contribution in [0.2, 0.25) is 0 Å². The lowest BCUT2D eigenvalue weighted by atomic mass is 9.99. The Labute approximate surface area is 91.2 Å². The number of rotatable bonds is 4. The van der Waals surface area contributed by atoms with Crippen molar-refractivity contribution in [2.75, 3.05) is 0 Å². The Hall–Kier alpha value is -1.33. The summed E-state index contributed by atoms with van der Waals surface area (Å²) in [5.41, 5.74) is 2.38. The summed E-state index contributed by atoms with van der Waals surface area (Å²) >= 11 is 0. The maximum atomic E-state index is 9.46. The van der Waals surface area contributed by atoms with Gasteiger partial charge in [-0.3, -0.25) is 0 Å². The molecule has 80 valence electrons. The van der Waals surface area contributed by atoms with Crippen molar-refractivity contribution in [2.24, 2.45) is 0 Å². The molecule has 2 nitrogen and oxygen atoms in total. The summed E-state index contributed by atoms with van der Waals surface area (Å²) in [6.45, 7) is 4.30. The van der Waals surface area contributed by atoms with Crippen molar-refractivity contribution in [1.29, 1.82) is 5.26 Å². The quantitative estimate of drug-likeness (QED) is 0.817. The van der Waals surface area contributed by atoms with Gasteiger partial charge in [0.15, 0.2) is 0 Å². The van der Waals surface area contributed by atoms with Crippen LogP contribution in [0.1, 0.15) is 37.3 Å². The van der Waals surface area contributed by atoms with Gasteiger partial charge in [0.05, 0.1) is 18.6 Å². The highest BCUT2D eigenvalue weighted by Gasteiger charge is 2.05. The molecular weight excluding hydrogens is 186 g/mol. The van der Waals surface area contributed by atoms with E-state index in [1.807, 2.05) is 18.2 Å². The van der Waals surface area contributed by atoms with E-state index in [2.05, 4.69) is 26.0 Å². The van der Waals surface area contributed by atoms with Gasteiger partial charge in [-0.25, -0.2) is 0 Å². The molecule has 1 N–H and O–H groups in total. The first-order chi connectivity index (χ1) is 7.13. The van der Waals surface area contributed by atoms with Gasteiger partial charge in [-0.2, -0.15) is 5.26 Å². The molecule has 0 aromatic heterocycles. The molecule has 0 spiro atoms. The van der Waals surface area contributed by atoms with Crippen LogP contribution in [0, 0.1) is 11.3 Å². The smallest absolute Gasteiger partial charge is 0.0710 e. The van der Waals surface area contributed by atoms with Crippen molar-refractivity contribution >= 4 is 0 Å². The molecule has 1 unspecified atom stereocenters. The standard InChI is InChI=1S/C13H17NO/c1-10(2)12-5-3-11(4-6-12)9-13(15)7-8-14/h3-6,10,13,15H,7,9H2,1-2H3. The van der Waals surface area contributed by atoms with Gasteiger partial charge < -0.3 is 5.11 Å². The highest BCUT2D eigenvalue weighted by Crippen LogP contribution is 2.15. The zero-order valence-electron chi connectivity index (χ0n) is 9.27. The lowest BCUT2D eigenvalue weighted by molar-refractivity contribution is 0.180. The number of hydrogen-bond donors (Lipinski definition) is 1. The minimum atomic E-state index is -0.542. The predicted molar refractivity (Wildman–Crippen MR) is 60.5 cm³/mol. The van der Waals surface area contributed by atoms with Crippen LogP contribution in [0.5, 0.6) is 0 Å². The van der Waals surface area contributed by atoms with E-state index in [1.165, 1.54) is 5.56 Å². The normalized spacial score (nSPS) is 12.5. The third-order valence-electron chi connectivity index (χ3n) is 2.44. The number of nitrogens with zero attached hydrogens (tertiary/aromatic N) is 1. The van der Waals surface area contributed by atoms with Crippen LogP contribution in [-0.2, 0) is 6.42 Å². The van der Waals surface area contributed by atoms with Crippen LogP contribution in [0.15, 0.2) is 24.3 Å². The Morgan fingerprint density at radius 2 is 1.87 bits per heavy atom. The first-order valence-corrected chi connectivity index (χ1v) is 5.27. The molecule has 1 aromatic rings. The van der Waals surface area contributed by atoms with Crippen LogP contribution in [0.3, 0.4) is 0 Å². The molecule has 0 aliphatic rings. The summed E-state index contributed by atoms with van der Waals surface area (Å²) in [5.74, 6) is 0.531. The third kappa shape index (κ3) is 3.73. The molecule has 0 saturated carbocycles. The van der Waals surface area contributed by atoms with Gasteiger partial charge in [-0.1, -0.05) is 38.1 Å². The second kappa shape index (κ2) is 5.53. The Bertz CT molecular complexity index is 335. The van der Waals surface area contributed by atoms with E-state index in [4.69, 9.17) is 5.26 Å². The van der Waals surface area contributed by atoms with Crippen LogP contribution in [0.25, 0.3) is 0 Å². The maximum Gasteiger partial charge on any atom is 0.0710 e. The maximum absolute atomic E-state index is 9.46. The summed E-state index contributed by atoms with van der Waals surface area (Å²) in [5, 5.41) is 17.9. The fraction of sp³-hybridized carbons (Fsp3) is 0.462.